The van der Waals surface area contributed by atoms with Crippen LogP contribution in [0.25, 0.3) is 11.3 Å². The summed E-state index contributed by atoms with van der Waals surface area (Å²) in [6.07, 6.45) is 3.57. The summed E-state index contributed by atoms with van der Waals surface area (Å²) in [6, 6.07) is 8.55. The van der Waals surface area contributed by atoms with Gasteiger partial charge in [-0.3, -0.25) is 9.69 Å². The van der Waals surface area contributed by atoms with Gasteiger partial charge in [0.2, 0.25) is 5.91 Å². The van der Waals surface area contributed by atoms with Gasteiger partial charge in [0, 0.05) is 24.9 Å². The smallest absolute Gasteiger partial charge is 0.225 e. The van der Waals surface area contributed by atoms with E-state index < -0.39 is 0 Å². The van der Waals surface area contributed by atoms with Crippen LogP contribution in [0, 0.1) is 0 Å². The molecule has 2 rings (SSSR count). The van der Waals surface area contributed by atoms with E-state index in [0.29, 0.717) is 0 Å². The maximum atomic E-state index is 11.3. The van der Waals surface area contributed by atoms with Crippen LogP contribution >= 0.6 is 11.3 Å². The lowest BCUT2D eigenvalue weighted by Gasteiger charge is -2.09. The highest BCUT2D eigenvalue weighted by atomic mass is 32.1. The van der Waals surface area contributed by atoms with E-state index in [4.69, 9.17) is 0 Å². The monoisotopic (exact) mass is 288 g/mol. The fraction of sp³-hybridized carbons (Fsp3) is 0.375. The number of carbonyl (C=O) groups is 1. The average molecular weight is 288 g/mol. The van der Waals surface area contributed by atoms with Crippen molar-refractivity contribution in [3.8, 4) is 11.3 Å². The first-order chi connectivity index (χ1) is 9.61. The molecular weight excluding hydrogens is 268 g/mol. The Bertz CT molecular complexity index is 574. The van der Waals surface area contributed by atoms with Crippen LogP contribution in [0.2, 0.25) is 0 Å². The third-order valence-electron chi connectivity index (χ3n) is 3.32. The number of anilines is 1. The number of carbonyl (C=O) groups excluding carboxylic acids is 1. The topological polar surface area (TPSA) is 33.2 Å². The van der Waals surface area contributed by atoms with E-state index in [1.165, 1.54) is 29.7 Å². The Morgan fingerprint density at radius 3 is 2.60 bits per heavy atom. The van der Waals surface area contributed by atoms with Crippen molar-refractivity contribution in [2.24, 2.45) is 0 Å². The number of unbranched alkanes of at least 4 members (excludes halogenated alkanes) is 1. The van der Waals surface area contributed by atoms with E-state index in [1.807, 2.05) is 5.38 Å². The predicted molar refractivity (Wildman–Crippen MR) is 85.2 cm³/mol. The molecule has 1 aromatic carbocycles. The van der Waals surface area contributed by atoms with Crippen LogP contribution in [-0.2, 0) is 11.2 Å². The van der Waals surface area contributed by atoms with Crippen molar-refractivity contribution >= 4 is 22.4 Å². The van der Waals surface area contributed by atoms with Crippen molar-refractivity contribution < 1.29 is 4.79 Å². The van der Waals surface area contributed by atoms with Crippen molar-refractivity contribution in [3.63, 3.8) is 0 Å². The zero-order valence-electron chi connectivity index (χ0n) is 12.2. The number of nitrogens with zero attached hydrogens (tertiary/aromatic N) is 2. The van der Waals surface area contributed by atoms with Crippen LogP contribution in [0.1, 0.15) is 32.3 Å². The van der Waals surface area contributed by atoms with Gasteiger partial charge in [-0.25, -0.2) is 4.98 Å². The third-order valence-corrected chi connectivity index (χ3v) is 4.24. The largest absolute Gasteiger partial charge is 0.291 e. The molecule has 0 spiro atoms. The second-order valence-electron chi connectivity index (χ2n) is 4.89. The molecule has 0 radical (unpaired) electrons. The lowest BCUT2D eigenvalue weighted by atomic mass is 10.1. The molecule has 0 aliphatic carbocycles. The quantitative estimate of drug-likeness (QED) is 0.828. The number of aromatic nitrogens is 1. The predicted octanol–water partition coefficient (Wildman–Crippen LogP) is 4.14. The second kappa shape index (κ2) is 6.66. The molecule has 1 aromatic heterocycles. The average Bonchev–Trinajstić information content (AvgIpc) is 2.94. The molecule has 0 unspecified atom stereocenters. The SMILES string of the molecule is CCCCc1ccc(-c2csc(N(C)C(C)=O)n2)cc1. The lowest BCUT2D eigenvalue weighted by Crippen LogP contribution is -2.22. The van der Waals surface area contributed by atoms with Crippen LogP contribution in [-0.4, -0.2) is 17.9 Å². The zero-order valence-corrected chi connectivity index (χ0v) is 13.0. The van der Waals surface area contributed by atoms with Gasteiger partial charge in [-0.05, 0) is 18.4 Å². The fourth-order valence-corrected chi connectivity index (χ4v) is 2.75. The van der Waals surface area contributed by atoms with E-state index in [-0.39, 0.29) is 5.91 Å². The van der Waals surface area contributed by atoms with E-state index >= 15 is 0 Å². The Hall–Kier alpha value is -1.68. The summed E-state index contributed by atoms with van der Waals surface area (Å²) in [6.45, 7) is 3.75. The first-order valence-electron chi connectivity index (χ1n) is 6.91. The minimum atomic E-state index is 0.000753. The third kappa shape index (κ3) is 3.45. The Labute approximate surface area is 124 Å². The molecule has 0 fully saturated rings. The molecule has 1 heterocycles. The van der Waals surface area contributed by atoms with E-state index in [1.54, 1.807) is 18.9 Å². The van der Waals surface area contributed by atoms with Gasteiger partial charge in [-0.1, -0.05) is 37.6 Å². The maximum absolute atomic E-state index is 11.3. The molecule has 0 bridgehead atoms. The number of thiazole rings is 1. The van der Waals surface area contributed by atoms with Crippen LogP contribution in [0.15, 0.2) is 29.6 Å². The molecule has 106 valence electrons. The molecular formula is C16H20N2OS. The highest BCUT2D eigenvalue weighted by Gasteiger charge is 2.11. The molecule has 3 nitrogen and oxygen atoms in total. The first kappa shape index (κ1) is 14.7. The minimum Gasteiger partial charge on any atom is -0.291 e. The van der Waals surface area contributed by atoms with Crippen molar-refractivity contribution in [3.05, 3.63) is 35.2 Å². The fourth-order valence-electron chi connectivity index (χ4n) is 1.91. The summed E-state index contributed by atoms with van der Waals surface area (Å²) in [5, 5.41) is 2.73. The Balaban J connectivity index is 2.14. The van der Waals surface area contributed by atoms with Gasteiger partial charge < -0.3 is 0 Å². The number of amides is 1. The Kier molecular flexibility index (Phi) is 4.90. The molecule has 0 saturated heterocycles. The second-order valence-corrected chi connectivity index (χ2v) is 5.73. The van der Waals surface area contributed by atoms with E-state index in [0.717, 1.165) is 22.8 Å². The molecule has 4 heteroatoms. The van der Waals surface area contributed by atoms with E-state index in [2.05, 4.69) is 36.2 Å². The number of rotatable bonds is 5. The van der Waals surface area contributed by atoms with Crippen molar-refractivity contribution in [1.29, 1.82) is 0 Å². The van der Waals surface area contributed by atoms with Crippen LogP contribution in [0.4, 0.5) is 5.13 Å². The molecule has 20 heavy (non-hydrogen) atoms. The lowest BCUT2D eigenvalue weighted by molar-refractivity contribution is -0.116. The van der Waals surface area contributed by atoms with Gasteiger partial charge in [0.25, 0.3) is 0 Å². The van der Waals surface area contributed by atoms with Crippen LogP contribution < -0.4 is 4.90 Å². The maximum Gasteiger partial charge on any atom is 0.225 e. The highest BCUT2D eigenvalue weighted by molar-refractivity contribution is 7.14. The summed E-state index contributed by atoms with van der Waals surface area (Å²) in [5.74, 6) is 0.000753. The Morgan fingerprint density at radius 2 is 2.00 bits per heavy atom. The molecule has 0 saturated carbocycles. The zero-order chi connectivity index (χ0) is 14.5. The van der Waals surface area contributed by atoms with Gasteiger partial charge in [0.15, 0.2) is 5.13 Å². The summed E-state index contributed by atoms with van der Waals surface area (Å²) in [4.78, 5) is 17.4. The number of aryl methyl sites for hydroxylation is 1. The molecule has 0 aliphatic rings. The Morgan fingerprint density at radius 1 is 1.30 bits per heavy atom. The van der Waals surface area contributed by atoms with Crippen LogP contribution in [0.3, 0.4) is 0 Å². The number of hydrogen-bond acceptors (Lipinski definition) is 3. The van der Waals surface area contributed by atoms with Gasteiger partial charge in [-0.15, -0.1) is 11.3 Å². The van der Waals surface area contributed by atoms with Crippen molar-refractivity contribution in [2.45, 2.75) is 33.1 Å². The first-order valence-corrected chi connectivity index (χ1v) is 7.79. The van der Waals surface area contributed by atoms with E-state index in [9.17, 15) is 4.79 Å². The molecule has 0 aliphatic heterocycles. The molecule has 0 atom stereocenters. The van der Waals surface area contributed by atoms with Crippen LogP contribution in [0.5, 0.6) is 0 Å². The van der Waals surface area contributed by atoms with Gasteiger partial charge in [-0.2, -0.15) is 0 Å². The minimum absolute atomic E-state index is 0.000753. The summed E-state index contributed by atoms with van der Waals surface area (Å²) in [5.41, 5.74) is 3.40. The van der Waals surface area contributed by atoms with Gasteiger partial charge >= 0.3 is 0 Å². The molecule has 0 N–H and O–H groups in total. The van der Waals surface area contributed by atoms with Gasteiger partial charge in [0.05, 0.1) is 5.69 Å². The number of hydrogen-bond donors (Lipinski definition) is 0. The van der Waals surface area contributed by atoms with Gasteiger partial charge in [0.1, 0.15) is 0 Å². The van der Waals surface area contributed by atoms with Crippen molar-refractivity contribution in [1.82, 2.24) is 4.98 Å². The normalized spacial score (nSPS) is 10.6. The standard InChI is InChI=1S/C16H20N2OS/c1-4-5-6-13-7-9-14(10-8-13)15-11-20-16(17-15)18(3)12(2)19/h7-11H,4-6H2,1-3H3. The summed E-state index contributed by atoms with van der Waals surface area (Å²) < 4.78 is 0. The molecule has 1 amide bonds. The number of benzene rings is 1. The highest BCUT2D eigenvalue weighted by Crippen LogP contribution is 2.27. The summed E-state index contributed by atoms with van der Waals surface area (Å²) >= 11 is 1.49. The summed E-state index contributed by atoms with van der Waals surface area (Å²) in [7, 11) is 1.75. The molecule has 2 aromatic rings. The van der Waals surface area contributed by atoms with Crippen molar-refractivity contribution in [2.75, 3.05) is 11.9 Å².